The number of hydrogen-bond acceptors (Lipinski definition) is 7. The molecule has 0 unspecified atom stereocenters. The highest BCUT2D eigenvalue weighted by atomic mass is 32.2. The van der Waals surface area contributed by atoms with E-state index in [1.54, 1.807) is 24.0 Å². The Bertz CT molecular complexity index is 1420. The third-order valence-corrected chi connectivity index (χ3v) is 8.90. The van der Waals surface area contributed by atoms with E-state index in [9.17, 15) is 18.0 Å². The van der Waals surface area contributed by atoms with Gasteiger partial charge in [0.05, 0.1) is 13.5 Å². The lowest BCUT2D eigenvalue weighted by Crippen LogP contribution is -2.45. The number of esters is 1. The van der Waals surface area contributed by atoms with Crippen molar-refractivity contribution in [2.75, 3.05) is 31.6 Å². The molecule has 1 aliphatic rings. The number of piperidine rings is 1. The number of sulfonamides is 1. The molecule has 10 heteroatoms. The summed E-state index contributed by atoms with van der Waals surface area (Å²) in [7, 11) is -2.58. The van der Waals surface area contributed by atoms with E-state index in [0.717, 1.165) is 11.1 Å². The summed E-state index contributed by atoms with van der Waals surface area (Å²) in [6.07, 6.45) is 4.19. The standard InChI is InChI=1S/C29H33N3O6S/c1-21-9-11-23(12-10-21)13-14-26-28(22(2)30-38-26)39(35,36)31-18-15-24(16-19-31)29(34)32(20-17-27(33)37-3)25-7-5-4-6-8-25/h4-14,24H,15-20H2,1-3H3. The van der Waals surface area contributed by atoms with E-state index >= 15 is 0 Å². The molecule has 9 nitrogen and oxygen atoms in total. The van der Waals surface area contributed by atoms with E-state index in [1.165, 1.54) is 11.4 Å². The minimum atomic E-state index is -3.90. The van der Waals surface area contributed by atoms with Gasteiger partial charge < -0.3 is 14.2 Å². The number of ether oxygens (including phenoxy) is 1. The van der Waals surface area contributed by atoms with Crippen molar-refractivity contribution in [1.29, 1.82) is 0 Å². The normalized spacial score (nSPS) is 14.9. The molecule has 2 aromatic carbocycles. The van der Waals surface area contributed by atoms with Crippen LogP contribution in [0.2, 0.25) is 0 Å². The van der Waals surface area contributed by atoms with Gasteiger partial charge in [-0.05, 0) is 50.5 Å². The van der Waals surface area contributed by atoms with Crippen molar-refractivity contribution in [2.45, 2.75) is 38.0 Å². The van der Waals surface area contributed by atoms with Crippen molar-refractivity contribution in [2.24, 2.45) is 5.92 Å². The second-order valence-electron chi connectivity index (χ2n) is 9.54. The monoisotopic (exact) mass is 551 g/mol. The molecule has 1 amide bonds. The summed E-state index contributed by atoms with van der Waals surface area (Å²) in [4.78, 5) is 26.9. The van der Waals surface area contributed by atoms with Crippen molar-refractivity contribution >= 4 is 39.7 Å². The quantitative estimate of drug-likeness (QED) is 0.361. The topological polar surface area (TPSA) is 110 Å². The van der Waals surface area contributed by atoms with Gasteiger partial charge in [0, 0.05) is 31.2 Å². The average Bonchev–Trinajstić information content (AvgIpc) is 3.34. The molecule has 1 aliphatic heterocycles. The first-order chi connectivity index (χ1) is 18.7. The number of aromatic nitrogens is 1. The molecule has 1 saturated heterocycles. The minimum absolute atomic E-state index is 0.0413. The molecule has 3 aromatic rings. The average molecular weight is 552 g/mol. The molecule has 0 saturated carbocycles. The van der Waals surface area contributed by atoms with Crippen LogP contribution in [0.5, 0.6) is 0 Å². The fourth-order valence-corrected chi connectivity index (χ4v) is 6.34. The molecule has 0 atom stereocenters. The van der Waals surface area contributed by atoms with Crippen LogP contribution in [0, 0.1) is 19.8 Å². The first kappa shape index (κ1) is 28.3. The van der Waals surface area contributed by atoms with Gasteiger partial charge in [-0.1, -0.05) is 59.3 Å². The van der Waals surface area contributed by atoms with Gasteiger partial charge in [0.1, 0.15) is 5.69 Å². The zero-order valence-electron chi connectivity index (χ0n) is 22.4. The fraction of sp³-hybridized carbons (Fsp3) is 0.345. The van der Waals surface area contributed by atoms with E-state index in [4.69, 9.17) is 9.26 Å². The third-order valence-electron chi connectivity index (χ3n) is 6.84. The zero-order valence-corrected chi connectivity index (χ0v) is 23.2. The van der Waals surface area contributed by atoms with Crippen LogP contribution < -0.4 is 4.90 Å². The number of aryl methyl sites for hydroxylation is 2. The van der Waals surface area contributed by atoms with E-state index < -0.39 is 16.0 Å². The molecule has 1 aromatic heterocycles. The molecule has 0 aliphatic carbocycles. The van der Waals surface area contributed by atoms with Gasteiger partial charge >= 0.3 is 5.97 Å². The van der Waals surface area contributed by atoms with Crippen molar-refractivity contribution in [1.82, 2.24) is 9.46 Å². The lowest BCUT2D eigenvalue weighted by Gasteiger charge is -2.33. The lowest BCUT2D eigenvalue weighted by atomic mass is 9.96. The highest BCUT2D eigenvalue weighted by molar-refractivity contribution is 7.89. The molecule has 4 rings (SSSR count). The Morgan fingerprint density at radius 2 is 1.72 bits per heavy atom. The van der Waals surface area contributed by atoms with E-state index in [-0.39, 0.29) is 54.2 Å². The third kappa shape index (κ3) is 6.63. The van der Waals surface area contributed by atoms with E-state index in [2.05, 4.69) is 5.16 Å². The van der Waals surface area contributed by atoms with Gasteiger partial charge in [0.2, 0.25) is 15.9 Å². The maximum Gasteiger partial charge on any atom is 0.307 e. The first-order valence-corrected chi connectivity index (χ1v) is 14.3. The minimum Gasteiger partial charge on any atom is -0.469 e. The Labute approximate surface area is 229 Å². The summed E-state index contributed by atoms with van der Waals surface area (Å²) in [6, 6.07) is 17.0. The molecule has 0 N–H and O–H groups in total. The SMILES string of the molecule is COC(=O)CCN(C(=O)C1CCN(S(=O)(=O)c2c(C)noc2C=Cc2ccc(C)cc2)CC1)c1ccccc1. The molecule has 2 heterocycles. The van der Waals surface area contributed by atoms with Gasteiger partial charge in [-0.15, -0.1) is 0 Å². The molecule has 0 bridgehead atoms. The van der Waals surface area contributed by atoms with Gasteiger partial charge in [0.15, 0.2) is 10.7 Å². The zero-order chi connectivity index (χ0) is 28.0. The second-order valence-corrected chi connectivity index (χ2v) is 11.4. The van der Waals surface area contributed by atoms with Crippen LogP contribution in [0.1, 0.15) is 41.8 Å². The number of anilines is 1. The van der Waals surface area contributed by atoms with Gasteiger partial charge in [-0.25, -0.2) is 8.42 Å². The van der Waals surface area contributed by atoms with Crippen LogP contribution in [0.3, 0.4) is 0 Å². The molecular formula is C29H33N3O6S. The summed E-state index contributed by atoms with van der Waals surface area (Å²) >= 11 is 0. The number of methoxy groups -OCH3 is 1. The molecule has 39 heavy (non-hydrogen) atoms. The number of hydrogen-bond donors (Lipinski definition) is 0. The molecule has 1 fully saturated rings. The second kappa shape index (κ2) is 12.4. The Balaban J connectivity index is 1.47. The number of nitrogens with zero attached hydrogens (tertiary/aromatic N) is 3. The summed E-state index contributed by atoms with van der Waals surface area (Å²) in [5, 5.41) is 3.92. The number of rotatable bonds is 9. The Morgan fingerprint density at radius 1 is 1.05 bits per heavy atom. The Morgan fingerprint density at radius 3 is 2.36 bits per heavy atom. The maximum atomic E-state index is 13.6. The molecule has 0 radical (unpaired) electrons. The summed E-state index contributed by atoms with van der Waals surface area (Å²) in [5.74, 6) is -0.742. The number of benzene rings is 2. The number of carbonyl (C=O) groups is 2. The molecule has 0 spiro atoms. The van der Waals surface area contributed by atoms with Crippen LogP contribution >= 0.6 is 0 Å². The van der Waals surface area contributed by atoms with Gasteiger partial charge in [-0.3, -0.25) is 9.59 Å². The maximum absolute atomic E-state index is 13.6. The van der Waals surface area contributed by atoms with Crippen molar-refractivity contribution in [3.63, 3.8) is 0 Å². The van der Waals surface area contributed by atoms with Crippen LogP contribution in [0.4, 0.5) is 5.69 Å². The van der Waals surface area contributed by atoms with Crippen LogP contribution in [0.15, 0.2) is 64.0 Å². The highest BCUT2D eigenvalue weighted by Crippen LogP contribution is 2.30. The molecular weight excluding hydrogens is 518 g/mol. The van der Waals surface area contributed by atoms with Crippen LogP contribution in [-0.4, -0.2) is 56.5 Å². The van der Waals surface area contributed by atoms with Crippen LogP contribution in [-0.2, 0) is 24.3 Å². The Hall–Kier alpha value is -3.76. The Kier molecular flexibility index (Phi) is 8.98. The smallest absolute Gasteiger partial charge is 0.307 e. The summed E-state index contributed by atoms with van der Waals surface area (Å²) in [5.41, 5.74) is 3.01. The predicted octanol–water partition coefficient (Wildman–Crippen LogP) is 4.46. The predicted molar refractivity (Wildman–Crippen MR) is 148 cm³/mol. The first-order valence-electron chi connectivity index (χ1n) is 12.8. The summed E-state index contributed by atoms with van der Waals surface area (Å²) in [6.45, 7) is 4.16. The number of amides is 1. The fourth-order valence-electron chi connectivity index (χ4n) is 4.62. The van der Waals surface area contributed by atoms with Crippen molar-refractivity contribution < 1.29 is 27.3 Å². The number of carbonyl (C=O) groups excluding carboxylic acids is 2. The van der Waals surface area contributed by atoms with E-state index in [1.807, 2.05) is 61.5 Å². The molecule has 206 valence electrons. The highest BCUT2D eigenvalue weighted by Gasteiger charge is 2.37. The van der Waals surface area contributed by atoms with Crippen LogP contribution in [0.25, 0.3) is 12.2 Å². The van der Waals surface area contributed by atoms with E-state index in [0.29, 0.717) is 18.5 Å². The largest absolute Gasteiger partial charge is 0.469 e. The van der Waals surface area contributed by atoms with Gasteiger partial charge in [-0.2, -0.15) is 4.31 Å². The van der Waals surface area contributed by atoms with Crippen molar-refractivity contribution in [3.05, 3.63) is 77.2 Å². The lowest BCUT2D eigenvalue weighted by molar-refractivity contribution is -0.140. The van der Waals surface area contributed by atoms with Gasteiger partial charge in [0.25, 0.3) is 0 Å². The van der Waals surface area contributed by atoms with Crippen molar-refractivity contribution in [3.8, 4) is 0 Å². The number of para-hydroxylation sites is 1. The summed E-state index contributed by atoms with van der Waals surface area (Å²) < 4.78 is 38.8.